The van der Waals surface area contributed by atoms with E-state index in [-0.39, 0.29) is 0 Å². The molecule has 0 aliphatic rings. The Kier molecular flexibility index (Phi) is 5.19. The van der Waals surface area contributed by atoms with Crippen molar-refractivity contribution in [3.05, 3.63) is 0 Å². The van der Waals surface area contributed by atoms with E-state index >= 15 is 0 Å². The van der Waals surface area contributed by atoms with Gasteiger partial charge in [-0.15, -0.1) is 0 Å². The topological polar surface area (TPSA) is 9.23 Å². The highest BCUT2D eigenvalue weighted by Gasteiger charge is 1.59. The van der Waals surface area contributed by atoms with Crippen molar-refractivity contribution in [1.82, 2.24) is 0 Å². The van der Waals surface area contributed by atoms with Gasteiger partial charge < -0.3 is 4.74 Å². The van der Waals surface area contributed by atoms with Gasteiger partial charge in [-0.2, -0.15) is 0 Å². The third kappa shape index (κ3) is 4.62. The van der Waals surface area contributed by atoms with E-state index in [0.29, 0.717) is 4.61 Å². The Labute approximate surface area is 49.8 Å². The molecule has 1 nitrogen and oxygen atoms in total. The maximum atomic E-state index is 4.51. The fourth-order valence-electron chi connectivity index (χ4n) is 0.0257. The number of alkyl halides is 1. The smallest absolute Gasteiger partial charge is 0.147 e. The highest BCUT2D eigenvalue weighted by atomic mass is 127. The van der Waals surface area contributed by atoms with Gasteiger partial charge in [0.2, 0.25) is 0 Å². The summed E-state index contributed by atoms with van der Waals surface area (Å²) in [5.74, 6) is 0. The molecule has 0 saturated carbocycles. The van der Waals surface area contributed by atoms with Crippen LogP contribution in [0, 0.1) is 0 Å². The highest BCUT2D eigenvalue weighted by molar-refractivity contribution is 14.1. The molecule has 0 fully saturated rings. The van der Waals surface area contributed by atoms with Gasteiger partial charge in [-0.05, 0) is 34.8 Å². The maximum Gasteiger partial charge on any atom is 0.147 e. The number of halogens is 1. The second-order valence-electron chi connectivity index (χ2n) is 0.372. The first-order valence-electron chi connectivity index (χ1n) is 1.03. The zero-order valence-corrected chi connectivity index (χ0v) is 5.45. The SMILES string of the molecule is S=COCI. The molecule has 0 radical (unpaired) electrons. The summed E-state index contributed by atoms with van der Waals surface area (Å²) in [6, 6.07) is 0. The molecule has 0 heterocycles. The molecule has 0 saturated heterocycles. The van der Waals surface area contributed by atoms with E-state index in [1.165, 1.54) is 5.55 Å². The molecular formula is C2H3IOS. The summed E-state index contributed by atoms with van der Waals surface area (Å²) in [6.07, 6.45) is 0. The fourth-order valence-corrected chi connectivity index (χ4v) is 0.518. The van der Waals surface area contributed by atoms with Gasteiger partial charge in [-0.3, -0.25) is 0 Å². The summed E-state index contributed by atoms with van der Waals surface area (Å²) in [6.45, 7) is 0. The van der Waals surface area contributed by atoms with Crippen LogP contribution in [0.2, 0.25) is 0 Å². The van der Waals surface area contributed by atoms with Gasteiger partial charge in [0.25, 0.3) is 0 Å². The Morgan fingerprint density at radius 3 is 2.60 bits per heavy atom. The second-order valence-corrected chi connectivity index (χ2v) is 1.19. The monoisotopic (exact) mass is 202 g/mol. The van der Waals surface area contributed by atoms with Crippen molar-refractivity contribution in [3.8, 4) is 0 Å². The molecule has 0 N–H and O–H groups in total. The summed E-state index contributed by atoms with van der Waals surface area (Å²) in [5, 5.41) is 0. The van der Waals surface area contributed by atoms with E-state index in [1.807, 2.05) is 0 Å². The zero-order chi connectivity index (χ0) is 4.12. The van der Waals surface area contributed by atoms with Crippen LogP contribution in [0.1, 0.15) is 0 Å². The van der Waals surface area contributed by atoms with Crippen molar-refractivity contribution in [2.24, 2.45) is 0 Å². The minimum atomic E-state index is 0.654. The van der Waals surface area contributed by atoms with Crippen LogP contribution in [0.5, 0.6) is 0 Å². The molecule has 0 rings (SSSR count). The van der Waals surface area contributed by atoms with Gasteiger partial charge in [-0.1, -0.05) is 0 Å². The largest absolute Gasteiger partial charge is 0.480 e. The third-order valence-electron chi connectivity index (χ3n) is 0.131. The predicted octanol–water partition coefficient (Wildman–Crippen LogP) is 1.35. The lowest BCUT2D eigenvalue weighted by Crippen LogP contribution is -1.74. The molecule has 0 amide bonds. The molecule has 0 bridgehead atoms. The van der Waals surface area contributed by atoms with Crippen LogP contribution in [0.25, 0.3) is 0 Å². The molecule has 0 aliphatic carbocycles. The highest BCUT2D eigenvalue weighted by Crippen LogP contribution is 1.77. The van der Waals surface area contributed by atoms with Crippen LogP contribution < -0.4 is 0 Å². The molecule has 0 unspecified atom stereocenters. The van der Waals surface area contributed by atoms with Crippen molar-refractivity contribution < 1.29 is 4.74 Å². The summed E-state index contributed by atoms with van der Waals surface area (Å²) in [5.41, 5.74) is 1.26. The molecule has 3 heteroatoms. The van der Waals surface area contributed by atoms with Crippen molar-refractivity contribution in [2.75, 3.05) is 4.61 Å². The summed E-state index contributed by atoms with van der Waals surface area (Å²) >= 11 is 6.37. The Morgan fingerprint density at radius 1 is 2.00 bits per heavy atom. The lowest BCUT2D eigenvalue weighted by Gasteiger charge is -1.80. The van der Waals surface area contributed by atoms with Gasteiger partial charge in [-0.25, -0.2) is 0 Å². The van der Waals surface area contributed by atoms with Gasteiger partial charge >= 0.3 is 0 Å². The molecular weight excluding hydrogens is 199 g/mol. The first kappa shape index (κ1) is 5.62. The van der Waals surface area contributed by atoms with E-state index in [0.717, 1.165) is 0 Å². The lowest BCUT2D eigenvalue weighted by atomic mass is 11.5. The molecule has 0 spiro atoms. The average molecular weight is 202 g/mol. The summed E-state index contributed by atoms with van der Waals surface area (Å²) < 4.78 is 5.16. The Hall–Kier alpha value is 0.620. The van der Waals surface area contributed by atoms with E-state index in [1.54, 1.807) is 0 Å². The first-order valence-corrected chi connectivity index (χ1v) is 3.02. The van der Waals surface area contributed by atoms with E-state index < -0.39 is 0 Å². The minimum Gasteiger partial charge on any atom is -0.480 e. The Balaban J connectivity index is 2.40. The molecule has 0 atom stereocenters. The minimum absolute atomic E-state index is 0.654. The van der Waals surface area contributed by atoms with E-state index in [4.69, 9.17) is 0 Å². The average Bonchev–Trinajstić information content (AvgIpc) is 1.41. The normalized spacial score (nSPS) is 6.60. The van der Waals surface area contributed by atoms with E-state index in [9.17, 15) is 0 Å². The third-order valence-corrected chi connectivity index (χ3v) is 0.627. The number of ether oxygens (including phenoxy) is 1. The number of hydrogen-bond acceptors (Lipinski definition) is 2. The predicted molar refractivity (Wildman–Crippen MR) is 33.6 cm³/mol. The summed E-state index contributed by atoms with van der Waals surface area (Å²) in [4.78, 5) is 0. The lowest BCUT2D eigenvalue weighted by molar-refractivity contribution is 0.421. The van der Waals surface area contributed by atoms with Crippen LogP contribution in [-0.4, -0.2) is 10.2 Å². The van der Waals surface area contributed by atoms with E-state index in [2.05, 4.69) is 39.5 Å². The van der Waals surface area contributed by atoms with Gasteiger partial charge in [0.15, 0.2) is 0 Å². The Bertz CT molecular complexity index is 30.8. The van der Waals surface area contributed by atoms with Crippen molar-refractivity contribution >= 4 is 40.4 Å². The van der Waals surface area contributed by atoms with Crippen LogP contribution in [0.15, 0.2) is 0 Å². The molecule has 0 aliphatic heterocycles. The number of rotatable bonds is 2. The Morgan fingerprint density at radius 2 is 2.60 bits per heavy atom. The fraction of sp³-hybridized carbons (Fsp3) is 0.500. The standard InChI is InChI=1S/C2H3IOS/c3-1-4-2-5/h2H,1H2. The molecule has 0 aromatic carbocycles. The van der Waals surface area contributed by atoms with Crippen LogP contribution in [0.4, 0.5) is 0 Å². The maximum absolute atomic E-state index is 4.51. The molecule has 0 aromatic heterocycles. The van der Waals surface area contributed by atoms with Crippen molar-refractivity contribution in [2.45, 2.75) is 0 Å². The molecule has 5 heavy (non-hydrogen) atoms. The van der Waals surface area contributed by atoms with Gasteiger partial charge in [0.1, 0.15) is 10.2 Å². The van der Waals surface area contributed by atoms with Crippen LogP contribution in [0.3, 0.4) is 0 Å². The first-order chi connectivity index (χ1) is 2.41. The van der Waals surface area contributed by atoms with Gasteiger partial charge in [0, 0.05) is 0 Å². The second kappa shape index (κ2) is 4.62. The van der Waals surface area contributed by atoms with Gasteiger partial charge in [0.05, 0.1) is 0 Å². The van der Waals surface area contributed by atoms with Crippen molar-refractivity contribution in [3.63, 3.8) is 0 Å². The quantitative estimate of drug-likeness (QED) is 0.379. The molecule has 30 valence electrons. The zero-order valence-electron chi connectivity index (χ0n) is 2.48. The number of thiocarbonyl (C=S) groups is 1. The van der Waals surface area contributed by atoms with Crippen LogP contribution >= 0.6 is 34.8 Å². The summed E-state index contributed by atoms with van der Waals surface area (Å²) in [7, 11) is 0. The number of hydrogen-bond donors (Lipinski definition) is 0. The molecule has 0 aromatic rings. The van der Waals surface area contributed by atoms with Crippen molar-refractivity contribution in [1.29, 1.82) is 0 Å². The van der Waals surface area contributed by atoms with Crippen LogP contribution in [-0.2, 0) is 4.74 Å².